The van der Waals surface area contributed by atoms with E-state index in [4.69, 9.17) is 14.2 Å². The second-order valence-corrected chi connectivity index (χ2v) is 12.4. The molecule has 1 amide bonds. The van der Waals surface area contributed by atoms with E-state index in [-0.39, 0.29) is 18.4 Å². The Morgan fingerprint density at radius 3 is 2.27 bits per heavy atom. The Morgan fingerprint density at radius 1 is 0.977 bits per heavy atom. The van der Waals surface area contributed by atoms with Crippen molar-refractivity contribution >= 4 is 29.3 Å². The molecule has 0 radical (unpaired) electrons. The highest BCUT2D eigenvalue weighted by atomic mass is 32.2. The smallest absolute Gasteiger partial charge is 0.309 e. The van der Waals surface area contributed by atoms with Crippen molar-refractivity contribution in [1.82, 2.24) is 4.90 Å². The van der Waals surface area contributed by atoms with E-state index in [2.05, 4.69) is 38.2 Å². The van der Waals surface area contributed by atoms with Gasteiger partial charge in [-0.3, -0.25) is 14.5 Å². The molecule has 0 spiro atoms. The molecule has 9 heteroatoms. The number of benzene rings is 3. The largest absolute Gasteiger partial charge is 0.493 e. The molecule has 0 bridgehead atoms. The van der Waals surface area contributed by atoms with Gasteiger partial charge in [-0.1, -0.05) is 49.7 Å². The maximum Gasteiger partial charge on any atom is 0.309 e. The van der Waals surface area contributed by atoms with Crippen LogP contribution >= 0.6 is 11.8 Å². The van der Waals surface area contributed by atoms with Crippen LogP contribution in [0.3, 0.4) is 0 Å². The minimum atomic E-state index is -0.904. The molecule has 3 aromatic carbocycles. The SMILES string of the molecule is CCc1cc(C)cc(CC)c1NC(=O)CN1C[C@H](c2ccc3c(c2)OCCO3)C(C(=O)O)[C@@H]1c1ccc(OCCSC)cc1. The van der Waals surface area contributed by atoms with Gasteiger partial charge in [0.25, 0.3) is 0 Å². The fourth-order valence-electron chi connectivity index (χ4n) is 6.45. The Hall–Kier alpha value is -3.69. The van der Waals surface area contributed by atoms with E-state index < -0.39 is 17.9 Å². The molecular weight excluding hydrogens is 576 g/mol. The number of carbonyl (C=O) groups is 2. The predicted octanol–water partition coefficient (Wildman–Crippen LogP) is 6.11. The molecule has 1 unspecified atom stereocenters. The Bertz CT molecular complexity index is 1450. The van der Waals surface area contributed by atoms with E-state index in [9.17, 15) is 14.7 Å². The third kappa shape index (κ3) is 7.00. The summed E-state index contributed by atoms with van der Waals surface area (Å²) in [5, 5.41) is 13.9. The molecule has 2 heterocycles. The fourth-order valence-corrected chi connectivity index (χ4v) is 6.70. The van der Waals surface area contributed by atoms with E-state index >= 15 is 0 Å². The highest BCUT2D eigenvalue weighted by Gasteiger charge is 2.48. The van der Waals surface area contributed by atoms with Crippen LogP contribution in [-0.4, -0.2) is 66.8 Å². The lowest BCUT2D eigenvalue weighted by molar-refractivity contribution is -0.143. The Balaban J connectivity index is 1.47. The Kier molecular flexibility index (Phi) is 10.4. The van der Waals surface area contributed by atoms with Crippen LogP contribution in [0.15, 0.2) is 54.6 Å². The number of amides is 1. The number of hydrogen-bond donors (Lipinski definition) is 2. The molecular formula is C35H42N2O6S. The van der Waals surface area contributed by atoms with Gasteiger partial charge in [0, 0.05) is 29.9 Å². The van der Waals surface area contributed by atoms with E-state index in [1.807, 2.05) is 53.6 Å². The van der Waals surface area contributed by atoms with Crippen LogP contribution in [0.25, 0.3) is 0 Å². The first-order valence-corrected chi connectivity index (χ1v) is 16.7. The van der Waals surface area contributed by atoms with Crippen LogP contribution < -0.4 is 19.5 Å². The lowest BCUT2D eigenvalue weighted by Crippen LogP contribution is -2.35. The van der Waals surface area contributed by atoms with Crippen LogP contribution in [0.2, 0.25) is 0 Å². The van der Waals surface area contributed by atoms with Crippen molar-refractivity contribution < 1.29 is 28.9 Å². The summed E-state index contributed by atoms with van der Waals surface area (Å²) in [6.07, 6.45) is 3.64. The third-order valence-electron chi connectivity index (χ3n) is 8.47. The molecule has 2 aliphatic heterocycles. The quantitative estimate of drug-likeness (QED) is 0.235. The van der Waals surface area contributed by atoms with Crippen molar-refractivity contribution in [3.8, 4) is 17.2 Å². The van der Waals surface area contributed by atoms with Gasteiger partial charge in [-0.25, -0.2) is 0 Å². The summed E-state index contributed by atoms with van der Waals surface area (Å²) in [7, 11) is 0. The number of fused-ring (bicyclic) bond motifs is 1. The number of anilines is 1. The third-order valence-corrected chi connectivity index (χ3v) is 9.05. The summed E-state index contributed by atoms with van der Waals surface area (Å²) in [5.74, 6) is 0.679. The Labute approximate surface area is 264 Å². The molecule has 44 heavy (non-hydrogen) atoms. The molecule has 3 atom stereocenters. The van der Waals surface area contributed by atoms with Gasteiger partial charge in [-0.15, -0.1) is 0 Å². The van der Waals surface area contributed by atoms with Gasteiger partial charge in [-0.2, -0.15) is 11.8 Å². The number of ether oxygens (including phenoxy) is 3. The molecule has 0 aliphatic carbocycles. The van der Waals surface area contributed by atoms with Crippen molar-refractivity contribution in [2.24, 2.45) is 5.92 Å². The minimum absolute atomic E-state index is 0.0572. The molecule has 2 aliphatic rings. The van der Waals surface area contributed by atoms with Gasteiger partial charge in [0.1, 0.15) is 19.0 Å². The predicted molar refractivity (Wildman–Crippen MR) is 174 cm³/mol. The first-order chi connectivity index (χ1) is 21.3. The second kappa shape index (κ2) is 14.4. The molecule has 8 nitrogen and oxygen atoms in total. The number of nitrogens with one attached hydrogen (secondary N) is 1. The summed E-state index contributed by atoms with van der Waals surface area (Å²) in [5.41, 5.74) is 5.92. The van der Waals surface area contributed by atoms with E-state index in [0.717, 1.165) is 52.3 Å². The number of likely N-dealkylation sites (tertiary alicyclic amines) is 1. The van der Waals surface area contributed by atoms with Gasteiger partial charge in [0.15, 0.2) is 11.5 Å². The van der Waals surface area contributed by atoms with Crippen molar-refractivity contribution in [2.75, 3.05) is 50.2 Å². The molecule has 1 saturated heterocycles. The highest BCUT2D eigenvalue weighted by molar-refractivity contribution is 7.98. The van der Waals surface area contributed by atoms with Crippen LogP contribution in [0, 0.1) is 12.8 Å². The maximum absolute atomic E-state index is 13.7. The number of hydrogen-bond acceptors (Lipinski definition) is 7. The topological polar surface area (TPSA) is 97.3 Å². The van der Waals surface area contributed by atoms with Gasteiger partial charge in [0.05, 0.1) is 19.1 Å². The van der Waals surface area contributed by atoms with Crippen molar-refractivity contribution in [1.29, 1.82) is 0 Å². The lowest BCUT2D eigenvalue weighted by Gasteiger charge is -2.27. The zero-order valence-corrected chi connectivity index (χ0v) is 26.7. The molecule has 0 saturated carbocycles. The molecule has 5 rings (SSSR count). The normalized spacial score (nSPS) is 19.5. The van der Waals surface area contributed by atoms with Gasteiger partial charge in [-0.05, 0) is 72.5 Å². The number of carboxylic acids is 1. The van der Waals surface area contributed by atoms with Gasteiger partial charge in [0.2, 0.25) is 5.91 Å². The van der Waals surface area contributed by atoms with Crippen LogP contribution in [0.1, 0.15) is 53.6 Å². The molecule has 1 fully saturated rings. The summed E-state index contributed by atoms with van der Waals surface area (Å²) >= 11 is 1.71. The summed E-state index contributed by atoms with van der Waals surface area (Å²) in [6.45, 7) is 8.23. The number of aliphatic carboxylic acids is 1. The van der Waals surface area contributed by atoms with Crippen LogP contribution in [-0.2, 0) is 22.4 Å². The lowest BCUT2D eigenvalue weighted by atomic mass is 9.82. The number of nitrogens with zero attached hydrogens (tertiary/aromatic N) is 1. The van der Waals surface area contributed by atoms with Crippen molar-refractivity contribution in [3.05, 3.63) is 82.4 Å². The summed E-state index contributed by atoms with van der Waals surface area (Å²) in [6, 6.07) is 17.0. The van der Waals surface area contributed by atoms with E-state index in [0.29, 0.717) is 37.9 Å². The Morgan fingerprint density at radius 2 is 1.64 bits per heavy atom. The van der Waals surface area contributed by atoms with Crippen molar-refractivity contribution in [3.63, 3.8) is 0 Å². The first kappa shape index (κ1) is 31.7. The van der Waals surface area contributed by atoms with Crippen molar-refractivity contribution in [2.45, 2.75) is 45.6 Å². The van der Waals surface area contributed by atoms with Gasteiger partial charge >= 0.3 is 5.97 Å². The maximum atomic E-state index is 13.7. The minimum Gasteiger partial charge on any atom is -0.493 e. The molecule has 234 valence electrons. The number of carboxylic acid groups (broad SMARTS) is 1. The second-order valence-electron chi connectivity index (χ2n) is 11.4. The number of rotatable bonds is 12. The number of carbonyl (C=O) groups excluding carboxylic acids is 1. The monoisotopic (exact) mass is 618 g/mol. The standard InChI is InChI=1S/C35H42N2O6S/c1-5-23-17-22(3)18-24(6-2)33(23)36-31(38)21-37-20-28(26-9-12-29-30(19-26)43-14-13-42-29)32(35(39)40)34(37)25-7-10-27(11-8-25)41-15-16-44-4/h7-12,17-19,28,32,34H,5-6,13-16,20-21H2,1-4H3,(H,36,38)(H,39,40)/t28-,32?,34+/m1/s1. The average molecular weight is 619 g/mol. The summed E-state index contributed by atoms with van der Waals surface area (Å²) in [4.78, 5) is 28.7. The zero-order valence-electron chi connectivity index (χ0n) is 25.9. The fraction of sp³-hybridized carbons (Fsp3) is 0.429. The average Bonchev–Trinajstić information content (AvgIpc) is 3.41. The van der Waals surface area contributed by atoms with E-state index in [1.54, 1.807) is 11.8 Å². The van der Waals surface area contributed by atoms with Crippen LogP contribution in [0.4, 0.5) is 5.69 Å². The number of thioether (sulfide) groups is 1. The van der Waals surface area contributed by atoms with Crippen LogP contribution in [0.5, 0.6) is 17.2 Å². The zero-order chi connectivity index (χ0) is 31.2. The molecule has 3 aromatic rings. The number of aryl methyl sites for hydroxylation is 3. The molecule has 0 aromatic heterocycles. The highest BCUT2D eigenvalue weighted by Crippen LogP contribution is 2.47. The van der Waals surface area contributed by atoms with Gasteiger partial charge < -0.3 is 24.6 Å². The summed E-state index contributed by atoms with van der Waals surface area (Å²) < 4.78 is 17.4. The van der Waals surface area contributed by atoms with E-state index in [1.165, 1.54) is 5.56 Å². The molecule has 2 N–H and O–H groups in total. The first-order valence-electron chi connectivity index (χ1n) is 15.3.